The molecule has 0 amide bonds. The van der Waals surface area contributed by atoms with Crippen molar-refractivity contribution in [3.05, 3.63) is 12.2 Å². The Hall–Kier alpha value is -0.299. The van der Waals surface area contributed by atoms with Crippen LogP contribution >= 0.6 is 0 Å². The van der Waals surface area contributed by atoms with Crippen LogP contribution in [0.5, 0.6) is 0 Å². The molecule has 0 fully saturated rings. The highest BCUT2D eigenvalue weighted by molar-refractivity contribution is 6.81. The molecule has 0 aliphatic carbocycles. The predicted octanol–water partition coefficient (Wildman–Crippen LogP) is 2.92. The molecule has 154 valence electrons. The fourth-order valence-corrected chi connectivity index (χ4v) is 10.7. The van der Waals surface area contributed by atoms with Crippen LogP contribution in [0.15, 0.2) is 12.2 Å². The van der Waals surface area contributed by atoms with Crippen molar-refractivity contribution in [1.29, 1.82) is 0 Å². The minimum Gasteiger partial charge on any atom is -0.453 e. The van der Waals surface area contributed by atoms with Crippen molar-refractivity contribution in [1.82, 2.24) is 0 Å². The minimum atomic E-state index is -1.85. The Morgan fingerprint density at radius 2 is 1.62 bits per heavy atom. The monoisotopic (exact) mass is 422 g/mol. The summed E-state index contributed by atoms with van der Waals surface area (Å²) in [6.07, 6.45) is -0.0497. The van der Waals surface area contributed by atoms with Crippen LogP contribution in [-0.4, -0.2) is 60.4 Å². The summed E-state index contributed by atoms with van der Waals surface area (Å²) in [4.78, 5) is 11.9. The van der Waals surface area contributed by atoms with Crippen LogP contribution in [0, 0.1) is 0 Å². The van der Waals surface area contributed by atoms with Gasteiger partial charge >= 0.3 is 15.3 Å². The summed E-state index contributed by atoms with van der Waals surface area (Å²) in [5.41, 5.74) is -0.903. The largest absolute Gasteiger partial charge is 0.453 e. The molecule has 26 heavy (non-hydrogen) atoms. The van der Waals surface area contributed by atoms with Gasteiger partial charge in [0.25, 0.3) is 0 Å². The Kier molecular flexibility index (Phi) is 10.2. The molecule has 2 atom stereocenters. The van der Waals surface area contributed by atoms with Crippen molar-refractivity contribution in [2.75, 3.05) is 6.61 Å². The molecule has 9 heteroatoms. The van der Waals surface area contributed by atoms with Gasteiger partial charge in [-0.3, -0.25) is 0 Å². The molecule has 0 saturated carbocycles. The van der Waals surface area contributed by atoms with Crippen LogP contribution in [0.1, 0.15) is 26.7 Å². The third-order valence-electron chi connectivity index (χ3n) is 3.64. The van der Waals surface area contributed by atoms with Gasteiger partial charge in [-0.15, -0.1) is 0 Å². The molecule has 2 unspecified atom stereocenters. The Morgan fingerprint density at radius 1 is 1.15 bits per heavy atom. The predicted molar refractivity (Wildman–Crippen MR) is 112 cm³/mol. The SMILES string of the molecule is C=C(C)C(=O)OC(C)(CCC[SiH](O[Si](C)(C)C)O[Si](C)(C)C)C(O)CO. The van der Waals surface area contributed by atoms with Gasteiger partial charge in [-0.2, -0.15) is 0 Å². The highest BCUT2D eigenvalue weighted by Crippen LogP contribution is 2.26. The summed E-state index contributed by atoms with van der Waals surface area (Å²) < 4.78 is 18.0. The van der Waals surface area contributed by atoms with Crippen LogP contribution in [-0.2, 0) is 17.8 Å². The van der Waals surface area contributed by atoms with Gasteiger partial charge in [0.2, 0.25) is 0 Å². The topological polar surface area (TPSA) is 85.2 Å². The first kappa shape index (κ1) is 25.7. The lowest BCUT2D eigenvalue weighted by Gasteiger charge is -2.35. The van der Waals surface area contributed by atoms with E-state index in [2.05, 4.69) is 45.9 Å². The summed E-state index contributed by atoms with van der Waals surface area (Å²) in [6, 6.07) is 0.771. The maximum absolute atomic E-state index is 11.9. The average Bonchev–Trinajstić information content (AvgIpc) is 2.42. The lowest BCUT2D eigenvalue weighted by atomic mass is 9.93. The summed E-state index contributed by atoms with van der Waals surface area (Å²) in [5, 5.41) is 19.5. The molecule has 0 aromatic carbocycles. The fraction of sp³-hybridized carbons (Fsp3) is 0.824. The van der Waals surface area contributed by atoms with E-state index in [0.717, 1.165) is 6.04 Å². The molecule has 0 aromatic rings. The second kappa shape index (κ2) is 10.3. The Bertz CT molecular complexity index is 456. The van der Waals surface area contributed by atoms with Gasteiger partial charge in [0.05, 0.1) is 6.61 Å². The molecule has 0 rings (SSSR count). The van der Waals surface area contributed by atoms with E-state index in [1.54, 1.807) is 13.8 Å². The van der Waals surface area contributed by atoms with Crippen LogP contribution in [0.25, 0.3) is 0 Å². The van der Waals surface area contributed by atoms with E-state index in [4.69, 9.17) is 13.0 Å². The molecule has 0 aliphatic heterocycles. The number of rotatable bonds is 12. The first-order valence-electron chi connectivity index (χ1n) is 9.13. The molecule has 0 spiro atoms. The molecule has 0 aliphatic rings. The maximum atomic E-state index is 11.9. The van der Waals surface area contributed by atoms with E-state index in [9.17, 15) is 15.0 Å². The van der Waals surface area contributed by atoms with Gasteiger partial charge < -0.3 is 23.2 Å². The number of carbonyl (C=O) groups excluding carboxylic acids is 1. The van der Waals surface area contributed by atoms with E-state index in [1.165, 1.54) is 0 Å². The Labute approximate surface area is 162 Å². The number of ether oxygens (including phenoxy) is 1. The smallest absolute Gasteiger partial charge is 0.333 e. The van der Waals surface area contributed by atoms with Crippen molar-refractivity contribution < 1.29 is 28.0 Å². The first-order chi connectivity index (χ1) is 11.6. The van der Waals surface area contributed by atoms with Crippen LogP contribution in [0.4, 0.5) is 0 Å². The number of aliphatic hydroxyl groups excluding tert-OH is 2. The van der Waals surface area contributed by atoms with Gasteiger partial charge in [-0.25, -0.2) is 4.79 Å². The van der Waals surface area contributed by atoms with Gasteiger partial charge in [0, 0.05) is 5.57 Å². The number of hydrogen-bond acceptors (Lipinski definition) is 6. The fourth-order valence-electron chi connectivity index (χ4n) is 2.33. The lowest BCUT2D eigenvalue weighted by molar-refractivity contribution is -0.170. The average molecular weight is 423 g/mol. The standard InChI is InChI=1S/C17H38O6Si3/c1-14(2)16(20)21-17(3,15(19)13-18)11-10-12-24(22-25(4,5)6)23-26(7,8)9/h15,18-19,24H,1,10-13H2,2-9H3. The number of esters is 1. The molecular weight excluding hydrogens is 384 g/mol. The highest BCUT2D eigenvalue weighted by Gasteiger charge is 2.37. The number of aliphatic hydroxyl groups is 2. The zero-order chi connectivity index (χ0) is 20.8. The molecule has 0 aromatic heterocycles. The van der Waals surface area contributed by atoms with Crippen molar-refractivity contribution in [3.63, 3.8) is 0 Å². The number of hydrogen-bond donors (Lipinski definition) is 2. The molecule has 0 heterocycles. The Balaban J connectivity index is 5.01. The van der Waals surface area contributed by atoms with Crippen LogP contribution in [0.3, 0.4) is 0 Å². The third-order valence-corrected chi connectivity index (χ3v) is 12.3. The minimum absolute atomic E-state index is 0.262. The molecule has 0 saturated heterocycles. The summed E-state index contributed by atoms with van der Waals surface area (Å²) >= 11 is 0. The maximum Gasteiger partial charge on any atom is 0.333 e. The zero-order valence-corrected chi connectivity index (χ0v) is 20.9. The summed E-state index contributed by atoms with van der Waals surface area (Å²) in [5.74, 6) is -0.564. The van der Waals surface area contributed by atoms with E-state index in [-0.39, 0.29) is 5.57 Å². The van der Waals surface area contributed by atoms with Gasteiger partial charge in [0.15, 0.2) is 16.6 Å². The van der Waals surface area contributed by atoms with Crippen molar-refractivity contribution >= 4 is 31.9 Å². The quantitative estimate of drug-likeness (QED) is 0.286. The highest BCUT2D eigenvalue weighted by atomic mass is 28.4. The second-order valence-electron chi connectivity index (χ2n) is 8.96. The van der Waals surface area contributed by atoms with Crippen LogP contribution in [0.2, 0.25) is 45.3 Å². The van der Waals surface area contributed by atoms with E-state index >= 15 is 0 Å². The van der Waals surface area contributed by atoms with Gasteiger partial charge in [0.1, 0.15) is 11.7 Å². The van der Waals surface area contributed by atoms with Crippen molar-refractivity contribution in [2.24, 2.45) is 0 Å². The molecule has 0 radical (unpaired) electrons. The first-order valence-corrected chi connectivity index (χ1v) is 17.7. The summed E-state index contributed by atoms with van der Waals surface area (Å²) in [7, 11) is -5.27. The Morgan fingerprint density at radius 3 is 1.96 bits per heavy atom. The molecule has 2 N–H and O–H groups in total. The van der Waals surface area contributed by atoms with E-state index < -0.39 is 50.2 Å². The van der Waals surface area contributed by atoms with Crippen molar-refractivity contribution in [2.45, 2.75) is 83.7 Å². The normalized spacial score (nSPS) is 16.3. The van der Waals surface area contributed by atoms with Crippen molar-refractivity contribution in [3.8, 4) is 0 Å². The van der Waals surface area contributed by atoms with E-state index in [1.807, 2.05) is 0 Å². The number of carbonyl (C=O) groups is 1. The third kappa shape index (κ3) is 10.8. The molecule has 0 bridgehead atoms. The molecule has 6 nitrogen and oxygen atoms in total. The van der Waals surface area contributed by atoms with Gasteiger partial charge in [-0.05, 0) is 72.0 Å². The van der Waals surface area contributed by atoms with Gasteiger partial charge in [-0.1, -0.05) is 6.58 Å². The lowest BCUT2D eigenvalue weighted by Crippen LogP contribution is -2.47. The second-order valence-corrected chi connectivity index (χ2v) is 20.7. The molecular formula is C17H38O6Si3. The zero-order valence-electron chi connectivity index (χ0n) is 17.7. The van der Waals surface area contributed by atoms with Crippen LogP contribution < -0.4 is 0 Å². The van der Waals surface area contributed by atoms with E-state index in [0.29, 0.717) is 12.8 Å². The summed E-state index contributed by atoms with van der Waals surface area (Å²) in [6.45, 7) is 19.2.